The maximum absolute atomic E-state index is 13.0. The first kappa shape index (κ1) is 20.2. The zero-order valence-corrected chi connectivity index (χ0v) is 17.0. The van der Waals surface area contributed by atoms with Crippen LogP contribution in [0, 0.1) is 0 Å². The molecule has 2 aromatic carbocycles. The second kappa shape index (κ2) is 8.74. The van der Waals surface area contributed by atoms with Crippen molar-refractivity contribution in [1.82, 2.24) is 24.4 Å². The topological polar surface area (TPSA) is 106 Å². The number of sulfonamides is 1. The second-order valence-electron chi connectivity index (χ2n) is 6.69. The first-order chi connectivity index (χ1) is 14.6. The number of ether oxygens (including phenoxy) is 1. The third-order valence-corrected chi connectivity index (χ3v) is 6.81. The van der Waals surface area contributed by atoms with Gasteiger partial charge in [0.2, 0.25) is 10.0 Å². The van der Waals surface area contributed by atoms with Crippen LogP contribution < -0.4 is 5.32 Å². The van der Waals surface area contributed by atoms with Crippen molar-refractivity contribution < 1.29 is 17.9 Å². The lowest BCUT2D eigenvalue weighted by molar-refractivity contribution is 0.0730. The first-order valence-corrected chi connectivity index (χ1v) is 10.9. The standard InChI is InChI=1S/C20H21N5O4S/c26-20(16-5-7-18(8-6-16)25-15-21-14-23-25)22-13-17-3-1-2-4-19(17)30(27,28)24-9-11-29-12-10-24/h1-8,14-15H,9-13H2,(H,22,26). The third-order valence-electron chi connectivity index (χ3n) is 4.81. The Labute approximate surface area is 174 Å². The largest absolute Gasteiger partial charge is 0.379 e. The smallest absolute Gasteiger partial charge is 0.251 e. The molecule has 1 N–H and O–H groups in total. The van der Waals surface area contributed by atoms with Gasteiger partial charge in [-0.05, 0) is 35.9 Å². The van der Waals surface area contributed by atoms with E-state index in [-0.39, 0.29) is 17.3 Å². The van der Waals surface area contributed by atoms with Crippen molar-refractivity contribution in [1.29, 1.82) is 0 Å². The molecule has 156 valence electrons. The van der Waals surface area contributed by atoms with Gasteiger partial charge in [-0.1, -0.05) is 18.2 Å². The van der Waals surface area contributed by atoms with Gasteiger partial charge >= 0.3 is 0 Å². The van der Waals surface area contributed by atoms with Crippen LogP contribution in [0.5, 0.6) is 0 Å². The Morgan fingerprint density at radius 3 is 2.50 bits per heavy atom. The number of hydrogen-bond acceptors (Lipinski definition) is 6. The van der Waals surface area contributed by atoms with Crippen LogP contribution in [-0.4, -0.2) is 59.7 Å². The van der Waals surface area contributed by atoms with Crippen molar-refractivity contribution in [2.24, 2.45) is 0 Å². The molecule has 30 heavy (non-hydrogen) atoms. The minimum absolute atomic E-state index is 0.101. The molecule has 0 bridgehead atoms. The van der Waals surface area contributed by atoms with Crippen LogP contribution >= 0.6 is 0 Å². The highest BCUT2D eigenvalue weighted by Gasteiger charge is 2.28. The monoisotopic (exact) mass is 427 g/mol. The summed E-state index contributed by atoms with van der Waals surface area (Å²) < 4.78 is 34.3. The molecule has 0 unspecified atom stereocenters. The van der Waals surface area contributed by atoms with E-state index in [0.717, 1.165) is 5.69 Å². The minimum Gasteiger partial charge on any atom is -0.379 e. The molecule has 3 aromatic rings. The van der Waals surface area contributed by atoms with Crippen LogP contribution in [0.3, 0.4) is 0 Å². The molecule has 2 heterocycles. The van der Waals surface area contributed by atoms with Crippen molar-refractivity contribution >= 4 is 15.9 Å². The molecule has 0 spiro atoms. The lowest BCUT2D eigenvalue weighted by Gasteiger charge is -2.27. The number of carbonyl (C=O) groups excluding carboxylic acids is 1. The summed E-state index contributed by atoms with van der Waals surface area (Å²) in [6, 6.07) is 13.6. The van der Waals surface area contributed by atoms with E-state index in [9.17, 15) is 13.2 Å². The van der Waals surface area contributed by atoms with Gasteiger partial charge in [0.25, 0.3) is 5.91 Å². The zero-order chi connectivity index (χ0) is 21.0. The Kier molecular flexibility index (Phi) is 5.88. The van der Waals surface area contributed by atoms with Gasteiger partial charge in [-0.25, -0.2) is 18.1 Å². The van der Waals surface area contributed by atoms with E-state index < -0.39 is 10.0 Å². The average molecular weight is 427 g/mol. The summed E-state index contributed by atoms with van der Waals surface area (Å²) in [7, 11) is -3.65. The van der Waals surface area contributed by atoms with Crippen LogP contribution in [0.25, 0.3) is 5.69 Å². The predicted molar refractivity (Wildman–Crippen MR) is 109 cm³/mol. The van der Waals surface area contributed by atoms with E-state index in [1.54, 1.807) is 59.5 Å². The fourth-order valence-electron chi connectivity index (χ4n) is 3.21. The number of rotatable bonds is 6. The predicted octanol–water partition coefficient (Wildman–Crippen LogP) is 1.22. The maximum Gasteiger partial charge on any atom is 0.251 e. The number of morpholine rings is 1. The van der Waals surface area contributed by atoms with Gasteiger partial charge in [0.15, 0.2) is 0 Å². The molecular weight excluding hydrogens is 406 g/mol. The normalized spacial score (nSPS) is 15.1. The molecule has 0 radical (unpaired) electrons. The van der Waals surface area contributed by atoms with Gasteiger partial charge in [0, 0.05) is 25.2 Å². The Bertz CT molecular complexity index is 1110. The van der Waals surface area contributed by atoms with Crippen LogP contribution in [-0.2, 0) is 21.3 Å². The summed E-state index contributed by atoms with van der Waals surface area (Å²) >= 11 is 0. The highest BCUT2D eigenvalue weighted by molar-refractivity contribution is 7.89. The fourth-order valence-corrected chi connectivity index (χ4v) is 4.84. The van der Waals surface area contributed by atoms with E-state index >= 15 is 0 Å². The second-order valence-corrected chi connectivity index (χ2v) is 8.60. The quantitative estimate of drug-likeness (QED) is 0.634. The molecule has 4 rings (SSSR count). The van der Waals surface area contributed by atoms with Gasteiger partial charge < -0.3 is 10.1 Å². The van der Waals surface area contributed by atoms with Crippen molar-refractivity contribution in [3.05, 3.63) is 72.3 Å². The van der Waals surface area contributed by atoms with Crippen LogP contribution in [0.15, 0.2) is 66.1 Å². The Hall–Kier alpha value is -3.08. The molecule has 1 aliphatic rings. The highest BCUT2D eigenvalue weighted by Crippen LogP contribution is 2.21. The van der Waals surface area contributed by atoms with Crippen molar-refractivity contribution in [2.75, 3.05) is 26.3 Å². The summed E-state index contributed by atoms with van der Waals surface area (Å²) in [6.45, 7) is 1.50. The Morgan fingerprint density at radius 2 is 1.80 bits per heavy atom. The SMILES string of the molecule is O=C(NCc1ccccc1S(=O)(=O)N1CCOCC1)c1ccc(-n2cncn2)cc1. The molecule has 1 aromatic heterocycles. The number of amides is 1. The number of nitrogens with one attached hydrogen (secondary N) is 1. The summed E-state index contributed by atoms with van der Waals surface area (Å²) in [5, 5.41) is 6.85. The number of carbonyl (C=O) groups is 1. The molecular formula is C20H21N5O4S. The lowest BCUT2D eigenvalue weighted by atomic mass is 10.1. The zero-order valence-electron chi connectivity index (χ0n) is 16.1. The molecule has 10 heteroatoms. The van der Waals surface area contributed by atoms with Crippen molar-refractivity contribution in [2.45, 2.75) is 11.4 Å². The summed E-state index contributed by atoms with van der Waals surface area (Å²) in [5.41, 5.74) is 1.79. The van der Waals surface area contributed by atoms with Crippen LogP contribution in [0.1, 0.15) is 15.9 Å². The number of hydrogen-bond donors (Lipinski definition) is 1. The molecule has 0 aliphatic carbocycles. The average Bonchev–Trinajstić information content (AvgIpc) is 3.33. The van der Waals surface area contributed by atoms with Crippen LogP contribution in [0.4, 0.5) is 0 Å². The van der Waals surface area contributed by atoms with Gasteiger partial charge in [-0.3, -0.25) is 4.79 Å². The number of aromatic nitrogens is 3. The molecule has 1 amide bonds. The van der Waals surface area contributed by atoms with E-state index in [1.807, 2.05) is 0 Å². The molecule has 0 saturated carbocycles. The number of benzene rings is 2. The molecule has 1 saturated heterocycles. The van der Waals surface area contributed by atoms with Gasteiger partial charge in [-0.2, -0.15) is 9.40 Å². The van der Waals surface area contributed by atoms with Gasteiger partial charge in [0.1, 0.15) is 12.7 Å². The molecule has 1 aliphatic heterocycles. The van der Waals surface area contributed by atoms with Crippen molar-refractivity contribution in [3.8, 4) is 5.69 Å². The first-order valence-electron chi connectivity index (χ1n) is 9.45. The highest BCUT2D eigenvalue weighted by atomic mass is 32.2. The fraction of sp³-hybridized carbons (Fsp3) is 0.250. The van der Waals surface area contributed by atoms with Gasteiger partial charge in [0.05, 0.1) is 23.8 Å². The summed E-state index contributed by atoms with van der Waals surface area (Å²) in [5.74, 6) is -0.293. The maximum atomic E-state index is 13.0. The summed E-state index contributed by atoms with van der Waals surface area (Å²) in [6.07, 6.45) is 3.00. The van der Waals surface area contributed by atoms with Crippen LogP contribution in [0.2, 0.25) is 0 Å². The number of nitrogens with zero attached hydrogens (tertiary/aromatic N) is 4. The molecule has 9 nitrogen and oxygen atoms in total. The van der Waals surface area contributed by atoms with Crippen molar-refractivity contribution in [3.63, 3.8) is 0 Å². The third kappa shape index (κ3) is 4.25. The van der Waals surface area contributed by atoms with E-state index in [4.69, 9.17) is 4.74 Å². The Balaban J connectivity index is 1.47. The Morgan fingerprint density at radius 1 is 1.07 bits per heavy atom. The lowest BCUT2D eigenvalue weighted by Crippen LogP contribution is -2.41. The molecule has 1 fully saturated rings. The van der Waals surface area contributed by atoms with E-state index in [0.29, 0.717) is 37.4 Å². The molecule has 0 atom stereocenters. The minimum atomic E-state index is -3.65. The van der Waals surface area contributed by atoms with E-state index in [1.165, 1.54) is 10.6 Å². The van der Waals surface area contributed by atoms with Gasteiger partial charge in [-0.15, -0.1) is 0 Å². The van der Waals surface area contributed by atoms with E-state index in [2.05, 4.69) is 15.4 Å². The summed E-state index contributed by atoms with van der Waals surface area (Å²) in [4.78, 5) is 16.7.